The fraction of sp³-hybridized carbons (Fsp3) is 0.0455. The van der Waals surface area contributed by atoms with E-state index >= 15 is 0 Å². The van der Waals surface area contributed by atoms with E-state index in [-0.39, 0.29) is 5.92 Å². The summed E-state index contributed by atoms with van der Waals surface area (Å²) in [6, 6.07) is 26.9. The lowest BCUT2D eigenvalue weighted by atomic mass is 9.91. The van der Waals surface area contributed by atoms with Crippen molar-refractivity contribution in [3.63, 3.8) is 0 Å². The number of aromatic nitrogens is 1. The fourth-order valence-electron chi connectivity index (χ4n) is 3.34. The molecule has 3 heteroatoms. The van der Waals surface area contributed by atoms with Crippen molar-refractivity contribution >= 4 is 32.5 Å². The highest BCUT2D eigenvalue weighted by Crippen LogP contribution is 2.39. The van der Waals surface area contributed by atoms with Gasteiger partial charge < -0.3 is 4.42 Å². The number of hydrogen-bond acceptors (Lipinski definition) is 3. The van der Waals surface area contributed by atoms with Crippen LogP contribution in [0.4, 0.5) is 0 Å². The molecular formula is C22H15NOS. The molecule has 2 heterocycles. The van der Waals surface area contributed by atoms with Gasteiger partial charge in [0.1, 0.15) is 5.52 Å². The van der Waals surface area contributed by atoms with E-state index in [2.05, 4.69) is 53.9 Å². The van der Waals surface area contributed by atoms with Crippen LogP contribution in [0.1, 0.15) is 22.9 Å². The molecule has 5 aromatic rings. The van der Waals surface area contributed by atoms with Gasteiger partial charge in [-0.1, -0.05) is 60.7 Å². The third-order valence-corrected chi connectivity index (χ3v) is 5.49. The van der Waals surface area contributed by atoms with Crippen LogP contribution in [0.3, 0.4) is 0 Å². The van der Waals surface area contributed by atoms with E-state index in [0.29, 0.717) is 0 Å². The van der Waals surface area contributed by atoms with Gasteiger partial charge in [0.25, 0.3) is 0 Å². The molecule has 25 heavy (non-hydrogen) atoms. The SMILES string of the molecule is c1ccc(C(c2nc3ccccc3o2)c2csc3ccccc23)cc1. The Labute approximate surface area is 149 Å². The van der Waals surface area contributed by atoms with E-state index in [9.17, 15) is 0 Å². The van der Waals surface area contributed by atoms with Gasteiger partial charge in [-0.15, -0.1) is 11.3 Å². The Balaban J connectivity index is 1.77. The Kier molecular flexibility index (Phi) is 3.39. The number of nitrogens with zero attached hydrogens (tertiary/aromatic N) is 1. The molecular weight excluding hydrogens is 326 g/mol. The molecule has 3 aromatic carbocycles. The molecule has 0 radical (unpaired) electrons. The van der Waals surface area contributed by atoms with Gasteiger partial charge in [0.2, 0.25) is 5.89 Å². The molecule has 0 amide bonds. The van der Waals surface area contributed by atoms with E-state index in [4.69, 9.17) is 9.40 Å². The summed E-state index contributed by atoms with van der Waals surface area (Å²) in [5.74, 6) is 0.737. The van der Waals surface area contributed by atoms with Crippen molar-refractivity contribution in [2.75, 3.05) is 0 Å². The van der Waals surface area contributed by atoms with Gasteiger partial charge in [-0.05, 0) is 40.1 Å². The zero-order valence-electron chi connectivity index (χ0n) is 13.4. The maximum Gasteiger partial charge on any atom is 0.207 e. The number of thiophene rings is 1. The summed E-state index contributed by atoms with van der Waals surface area (Å²) in [6.45, 7) is 0. The van der Waals surface area contributed by atoms with Crippen LogP contribution >= 0.6 is 11.3 Å². The Morgan fingerprint density at radius 2 is 1.56 bits per heavy atom. The predicted molar refractivity (Wildman–Crippen MR) is 103 cm³/mol. The number of rotatable bonds is 3. The first-order valence-corrected chi connectivity index (χ1v) is 9.15. The molecule has 0 spiro atoms. The average Bonchev–Trinajstić information content (AvgIpc) is 3.28. The predicted octanol–water partition coefficient (Wildman–Crippen LogP) is 6.22. The van der Waals surface area contributed by atoms with Gasteiger partial charge in [0.15, 0.2) is 5.58 Å². The molecule has 5 rings (SSSR count). The summed E-state index contributed by atoms with van der Waals surface area (Å²) >= 11 is 1.77. The monoisotopic (exact) mass is 341 g/mol. The molecule has 0 fully saturated rings. The second kappa shape index (κ2) is 5.87. The number of hydrogen-bond donors (Lipinski definition) is 0. The minimum absolute atomic E-state index is 0.00949. The van der Waals surface area contributed by atoms with E-state index in [1.165, 1.54) is 21.2 Å². The second-order valence-corrected chi connectivity index (χ2v) is 6.96. The van der Waals surface area contributed by atoms with Crippen molar-refractivity contribution in [2.45, 2.75) is 5.92 Å². The third kappa shape index (κ3) is 2.44. The zero-order valence-corrected chi connectivity index (χ0v) is 14.2. The molecule has 2 aromatic heterocycles. The molecule has 0 aliphatic heterocycles. The summed E-state index contributed by atoms with van der Waals surface area (Å²) in [4.78, 5) is 4.79. The van der Waals surface area contributed by atoms with Crippen molar-refractivity contribution in [2.24, 2.45) is 0 Å². The fourth-order valence-corrected chi connectivity index (χ4v) is 4.32. The quantitative estimate of drug-likeness (QED) is 0.389. The molecule has 0 saturated carbocycles. The zero-order chi connectivity index (χ0) is 16.6. The minimum Gasteiger partial charge on any atom is -0.440 e. The van der Waals surface area contributed by atoms with Crippen molar-refractivity contribution in [3.8, 4) is 0 Å². The largest absolute Gasteiger partial charge is 0.440 e. The normalized spacial score (nSPS) is 12.6. The Morgan fingerprint density at radius 3 is 2.44 bits per heavy atom. The second-order valence-electron chi connectivity index (χ2n) is 6.05. The molecule has 0 aliphatic carbocycles. The maximum atomic E-state index is 6.15. The molecule has 0 aliphatic rings. The molecule has 1 unspecified atom stereocenters. The molecule has 2 nitrogen and oxygen atoms in total. The van der Waals surface area contributed by atoms with E-state index < -0.39 is 0 Å². The Morgan fingerprint density at radius 1 is 0.800 bits per heavy atom. The summed E-state index contributed by atoms with van der Waals surface area (Å²) < 4.78 is 7.44. The van der Waals surface area contributed by atoms with Crippen LogP contribution in [0.15, 0.2) is 88.7 Å². The highest BCUT2D eigenvalue weighted by atomic mass is 32.1. The molecule has 0 N–H and O–H groups in total. The Hall–Kier alpha value is -2.91. The van der Waals surface area contributed by atoms with Crippen LogP contribution in [0.25, 0.3) is 21.2 Å². The van der Waals surface area contributed by atoms with Crippen molar-refractivity contribution in [1.29, 1.82) is 0 Å². The first-order chi connectivity index (χ1) is 12.4. The summed E-state index contributed by atoms with van der Waals surface area (Å²) in [6.07, 6.45) is 0. The lowest BCUT2D eigenvalue weighted by Gasteiger charge is -2.13. The first kappa shape index (κ1) is 14.4. The lowest BCUT2D eigenvalue weighted by Crippen LogP contribution is -2.03. The average molecular weight is 341 g/mol. The van der Waals surface area contributed by atoms with E-state index in [1.54, 1.807) is 11.3 Å². The molecule has 0 bridgehead atoms. The third-order valence-electron chi connectivity index (χ3n) is 4.51. The number of benzene rings is 3. The van der Waals surface area contributed by atoms with Gasteiger partial charge in [-0.3, -0.25) is 0 Å². The topological polar surface area (TPSA) is 26.0 Å². The highest BCUT2D eigenvalue weighted by Gasteiger charge is 2.25. The van der Waals surface area contributed by atoms with Gasteiger partial charge in [-0.25, -0.2) is 4.98 Å². The van der Waals surface area contributed by atoms with Crippen LogP contribution < -0.4 is 0 Å². The number of fused-ring (bicyclic) bond motifs is 2. The van der Waals surface area contributed by atoms with Crippen molar-refractivity contribution in [3.05, 3.63) is 101 Å². The maximum absolute atomic E-state index is 6.15. The van der Waals surface area contributed by atoms with Gasteiger partial charge >= 0.3 is 0 Å². The summed E-state index contributed by atoms with van der Waals surface area (Å²) in [5.41, 5.74) is 4.17. The first-order valence-electron chi connectivity index (χ1n) is 8.27. The Bertz CT molecular complexity index is 1120. The molecule has 0 saturated heterocycles. The van der Waals surface area contributed by atoms with Crippen LogP contribution in [0.2, 0.25) is 0 Å². The van der Waals surface area contributed by atoms with E-state index in [1.807, 2.05) is 30.3 Å². The minimum atomic E-state index is -0.00949. The highest BCUT2D eigenvalue weighted by molar-refractivity contribution is 7.17. The number of para-hydroxylation sites is 2. The standard InChI is InChI=1S/C22H15NOS/c1-2-8-15(9-3-1)21(17-14-25-20-13-7-4-10-16(17)20)22-23-18-11-5-6-12-19(18)24-22/h1-14,21H. The lowest BCUT2D eigenvalue weighted by molar-refractivity contribution is 0.523. The van der Waals surface area contributed by atoms with E-state index in [0.717, 1.165) is 17.0 Å². The van der Waals surface area contributed by atoms with Gasteiger partial charge in [0.05, 0.1) is 5.92 Å². The van der Waals surface area contributed by atoms with Gasteiger partial charge in [-0.2, -0.15) is 0 Å². The molecule has 120 valence electrons. The van der Waals surface area contributed by atoms with Gasteiger partial charge in [0, 0.05) is 4.70 Å². The smallest absolute Gasteiger partial charge is 0.207 e. The summed E-state index contributed by atoms with van der Waals surface area (Å²) in [7, 11) is 0. The van der Waals surface area contributed by atoms with Crippen LogP contribution in [0.5, 0.6) is 0 Å². The molecule has 1 atom stereocenters. The van der Waals surface area contributed by atoms with Crippen LogP contribution in [0, 0.1) is 0 Å². The van der Waals surface area contributed by atoms with Crippen molar-refractivity contribution < 1.29 is 4.42 Å². The number of oxazole rings is 1. The van der Waals surface area contributed by atoms with Crippen LogP contribution in [-0.2, 0) is 0 Å². The van der Waals surface area contributed by atoms with Crippen molar-refractivity contribution in [1.82, 2.24) is 4.98 Å². The summed E-state index contributed by atoms with van der Waals surface area (Å²) in [5, 5.41) is 3.50. The van der Waals surface area contributed by atoms with Crippen LogP contribution in [-0.4, -0.2) is 4.98 Å².